The predicted octanol–water partition coefficient (Wildman–Crippen LogP) is 1.15. The monoisotopic (exact) mass is 315 g/mol. The van der Waals surface area contributed by atoms with Crippen LogP contribution in [0, 0.1) is 0 Å². The number of nitrogens with two attached hydrogens (primary N) is 1. The van der Waals surface area contributed by atoms with Gasteiger partial charge in [0.05, 0.1) is 20.2 Å². The smallest absolute Gasteiger partial charge is 0.234 e. The molecule has 0 spiro atoms. The van der Waals surface area contributed by atoms with Crippen molar-refractivity contribution in [1.82, 2.24) is 10.3 Å². The van der Waals surface area contributed by atoms with Crippen LogP contribution in [0.5, 0.6) is 0 Å². The summed E-state index contributed by atoms with van der Waals surface area (Å²) in [7, 11) is 1.52. The average Bonchev–Trinajstić information content (AvgIpc) is 2.60. The molecule has 1 aromatic rings. The topological polar surface area (TPSA) is 94.3 Å². The Balaban J connectivity index is 2.79. The molecule has 1 aromatic heterocycles. The van der Waals surface area contributed by atoms with Crippen molar-refractivity contribution in [3.63, 3.8) is 0 Å². The summed E-state index contributed by atoms with van der Waals surface area (Å²) in [4.78, 5) is 26.2. The lowest BCUT2D eigenvalue weighted by molar-refractivity contribution is -0.119. The summed E-state index contributed by atoms with van der Waals surface area (Å²) < 4.78 is 5.19. The highest BCUT2D eigenvalue weighted by Gasteiger charge is 2.02. The quantitative estimate of drug-likeness (QED) is 0.405. The van der Waals surface area contributed by atoms with E-state index in [0.29, 0.717) is 17.7 Å². The van der Waals surface area contributed by atoms with Crippen LogP contribution in [0.15, 0.2) is 54.5 Å². The third-order valence-corrected chi connectivity index (χ3v) is 3.01. The molecule has 0 aromatic carbocycles. The zero-order chi connectivity index (χ0) is 17.1. The molecule has 0 aliphatic heterocycles. The molecule has 0 atom stereocenters. The van der Waals surface area contributed by atoms with Crippen LogP contribution in [0.2, 0.25) is 0 Å². The van der Waals surface area contributed by atoms with Crippen molar-refractivity contribution >= 4 is 12.2 Å². The van der Waals surface area contributed by atoms with Gasteiger partial charge in [-0.15, -0.1) is 0 Å². The van der Waals surface area contributed by atoms with E-state index in [9.17, 15) is 9.59 Å². The van der Waals surface area contributed by atoms with Crippen LogP contribution in [-0.2, 0) is 16.0 Å². The zero-order valence-electron chi connectivity index (χ0n) is 13.1. The van der Waals surface area contributed by atoms with Crippen LogP contribution in [0.3, 0.4) is 0 Å². The molecule has 0 fully saturated rings. The summed E-state index contributed by atoms with van der Waals surface area (Å²) in [6.45, 7) is 3.96. The second kappa shape index (κ2) is 10.1. The van der Waals surface area contributed by atoms with Crippen molar-refractivity contribution in [3.8, 4) is 0 Å². The molecule has 23 heavy (non-hydrogen) atoms. The van der Waals surface area contributed by atoms with Gasteiger partial charge in [-0.2, -0.15) is 0 Å². The van der Waals surface area contributed by atoms with Crippen molar-refractivity contribution in [2.45, 2.75) is 6.42 Å². The van der Waals surface area contributed by atoms with Gasteiger partial charge in [0.2, 0.25) is 5.91 Å². The largest absolute Gasteiger partial charge is 0.499 e. The molecule has 3 N–H and O–H groups in total. The number of aldehydes is 1. The first-order chi connectivity index (χ1) is 11.1. The number of rotatable bonds is 9. The molecule has 0 saturated carbocycles. The molecule has 122 valence electrons. The number of nitrogens with one attached hydrogen (secondary N) is 1. The van der Waals surface area contributed by atoms with E-state index in [0.717, 1.165) is 17.6 Å². The number of pyridine rings is 1. The van der Waals surface area contributed by atoms with Crippen molar-refractivity contribution in [3.05, 3.63) is 65.7 Å². The van der Waals surface area contributed by atoms with Crippen LogP contribution < -0.4 is 11.1 Å². The third kappa shape index (κ3) is 6.71. The molecule has 1 amide bonds. The Morgan fingerprint density at radius 2 is 2.26 bits per heavy atom. The maximum Gasteiger partial charge on any atom is 0.234 e. The molecule has 6 nitrogen and oxygen atoms in total. The Kier molecular flexibility index (Phi) is 8.02. The maximum atomic E-state index is 11.1. The van der Waals surface area contributed by atoms with Gasteiger partial charge in [0.15, 0.2) is 0 Å². The van der Waals surface area contributed by atoms with E-state index in [1.807, 2.05) is 6.08 Å². The lowest BCUT2D eigenvalue weighted by Gasteiger charge is -2.07. The van der Waals surface area contributed by atoms with Crippen molar-refractivity contribution in [1.29, 1.82) is 0 Å². The molecule has 0 bridgehead atoms. The number of ether oxygens (including phenoxy) is 1. The van der Waals surface area contributed by atoms with Gasteiger partial charge in [-0.1, -0.05) is 18.7 Å². The van der Waals surface area contributed by atoms with Crippen molar-refractivity contribution in [2.75, 3.05) is 20.2 Å². The number of hydrogen-bond acceptors (Lipinski definition) is 5. The molecule has 0 unspecified atom stereocenters. The van der Waals surface area contributed by atoms with Gasteiger partial charge < -0.3 is 15.8 Å². The van der Waals surface area contributed by atoms with E-state index in [2.05, 4.69) is 16.9 Å². The molecule has 1 rings (SSSR count). The first-order valence-corrected chi connectivity index (χ1v) is 7.06. The molecule has 0 saturated heterocycles. The van der Waals surface area contributed by atoms with Gasteiger partial charge in [0.1, 0.15) is 12.0 Å². The predicted molar refractivity (Wildman–Crippen MR) is 88.8 cm³/mol. The first-order valence-electron chi connectivity index (χ1n) is 7.06. The van der Waals surface area contributed by atoms with Gasteiger partial charge in [0, 0.05) is 23.9 Å². The highest BCUT2D eigenvalue weighted by Crippen LogP contribution is 2.09. The van der Waals surface area contributed by atoms with E-state index in [4.69, 9.17) is 10.5 Å². The second-order valence-corrected chi connectivity index (χ2v) is 4.64. The van der Waals surface area contributed by atoms with Gasteiger partial charge in [-0.25, -0.2) is 0 Å². The minimum Gasteiger partial charge on any atom is -0.499 e. The Hall–Kier alpha value is -2.73. The van der Waals surface area contributed by atoms with Crippen LogP contribution in [0.1, 0.15) is 16.1 Å². The van der Waals surface area contributed by atoms with Crippen LogP contribution in [0.4, 0.5) is 0 Å². The van der Waals surface area contributed by atoms with Crippen LogP contribution >= 0.6 is 0 Å². The summed E-state index contributed by atoms with van der Waals surface area (Å²) in [5.74, 6) is 0.330. The second-order valence-electron chi connectivity index (χ2n) is 4.64. The van der Waals surface area contributed by atoms with Crippen molar-refractivity contribution < 1.29 is 14.3 Å². The summed E-state index contributed by atoms with van der Waals surface area (Å²) in [6.07, 6.45) is 8.20. The number of hydrogen-bond donors (Lipinski definition) is 2. The first kappa shape index (κ1) is 18.3. The Morgan fingerprint density at radius 3 is 2.87 bits per heavy atom. The number of carbonyl (C=O) groups excluding carboxylic acids is 2. The van der Waals surface area contributed by atoms with E-state index >= 15 is 0 Å². The van der Waals surface area contributed by atoms with Gasteiger partial charge >= 0.3 is 0 Å². The Morgan fingerprint density at radius 1 is 1.48 bits per heavy atom. The molecule has 0 aliphatic carbocycles. The number of allylic oxidation sites excluding steroid dienone is 4. The normalized spacial score (nSPS) is 11.7. The number of amides is 1. The highest BCUT2D eigenvalue weighted by atomic mass is 16.5. The molecule has 1 heterocycles. The van der Waals surface area contributed by atoms with Gasteiger partial charge in [-0.3, -0.25) is 14.6 Å². The fourth-order valence-electron chi connectivity index (χ4n) is 1.73. The fourth-order valence-corrected chi connectivity index (χ4v) is 1.73. The van der Waals surface area contributed by atoms with Crippen LogP contribution in [-0.4, -0.2) is 37.4 Å². The van der Waals surface area contributed by atoms with Gasteiger partial charge in [0.25, 0.3) is 0 Å². The summed E-state index contributed by atoms with van der Waals surface area (Å²) in [6, 6.07) is 3.38. The minimum atomic E-state index is -0.254. The summed E-state index contributed by atoms with van der Waals surface area (Å²) >= 11 is 0. The number of carbonyl (C=O) groups is 2. The average molecular weight is 315 g/mol. The number of aromatic nitrogens is 1. The Labute approximate surface area is 135 Å². The molecule has 0 radical (unpaired) electrons. The van der Waals surface area contributed by atoms with E-state index in [1.54, 1.807) is 30.5 Å². The summed E-state index contributed by atoms with van der Waals surface area (Å²) in [5, 5.41) is 2.63. The number of nitrogens with zero attached hydrogens (tertiary/aromatic N) is 1. The van der Waals surface area contributed by atoms with Gasteiger partial charge in [-0.05, 0) is 23.8 Å². The maximum absolute atomic E-state index is 11.1. The molecule has 0 aliphatic rings. The van der Waals surface area contributed by atoms with E-state index in [1.165, 1.54) is 7.11 Å². The zero-order valence-corrected chi connectivity index (χ0v) is 13.1. The third-order valence-electron chi connectivity index (χ3n) is 3.01. The summed E-state index contributed by atoms with van der Waals surface area (Å²) in [5.41, 5.74) is 7.47. The molecule has 6 heteroatoms. The highest BCUT2D eigenvalue weighted by molar-refractivity contribution is 5.77. The lowest BCUT2D eigenvalue weighted by Crippen LogP contribution is -2.31. The van der Waals surface area contributed by atoms with Crippen LogP contribution in [0.25, 0.3) is 0 Å². The standard InChI is InChI=1S/C17H21N3O3/c1-3-13(8-15-9-14(12-21)6-7-19-15)4-5-16(23-2)11-20-17(22)10-18/h3-7,9,12H,1,8,10-11,18H2,2H3,(H,20,22)/b13-4+,16-5-. The number of methoxy groups -OCH3 is 1. The lowest BCUT2D eigenvalue weighted by atomic mass is 10.1. The van der Waals surface area contributed by atoms with Crippen molar-refractivity contribution in [2.24, 2.45) is 5.73 Å². The molecular formula is C17H21N3O3. The minimum absolute atomic E-state index is 0.0660. The fraction of sp³-hybridized carbons (Fsp3) is 0.235. The Bertz CT molecular complexity index is 621. The molecular weight excluding hydrogens is 294 g/mol. The SMILES string of the molecule is C=C/C(=C\C=C(\CNC(=O)CN)OC)Cc1cc(C=O)ccn1. The van der Waals surface area contributed by atoms with E-state index in [-0.39, 0.29) is 19.0 Å². The van der Waals surface area contributed by atoms with E-state index < -0.39 is 0 Å².